The maximum absolute atomic E-state index is 5.79. The molecule has 106 valence electrons. The number of hydrogen-bond donors (Lipinski definition) is 0. The number of rotatable bonds is 6. The fourth-order valence-electron chi connectivity index (χ4n) is 1.98. The summed E-state index contributed by atoms with van der Waals surface area (Å²) in [5, 5.41) is 0.618. The molecule has 1 aromatic rings. The van der Waals surface area contributed by atoms with Crippen LogP contribution in [0.25, 0.3) is 0 Å². The van der Waals surface area contributed by atoms with Gasteiger partial charge in [0.1, 0.15) is 6.61 Å². The summed E-state index contributed by atoms with van der Waals surface area (Å²) in [6.45, 7) is 9.30. The smallest absolute Gasteiger partial charge is 0.260 e. The molecule has 1 aromatic carbocycles. The van der Waals surface area contributed by atoms with E-state index in [-0.39, 0.29) is 0 Å². The summed E-state index contributed by atoms with van der Waals surface area (Å²) in [6, 6.07) is 11.0. The van der Waals surface area contributed by atoms with Crippen LogP contribution in [0.4, 0.5) is 0 Å². The first-order valence-corrected chi connectivity index (χ1v) is 7.49. The van der Waals surface area contributed by atoms with Gasteiger partial charge in [-0.05, 0) is 44.5 Å². The van der Waals surface area contributed by atoms with Crippen molar-refractivity contribution in [3.63, 3.8) is 0 Å². The molecule has 0 aromatic heterocycles. The predicted octanol–water partition coefficient (Wildman–Crippen LogP) is 4.39. The van der Waals surface area contributed by atoms with Crippen LogP contribution in [0.5, 0.6) is 0 Å². The molecule has 0 amide bonds. The molecule has 0 radical (unpaired) electrons. The molecule has 0 N–H and O–H groups in total. The zero-order valence-electron chi connectivity index (χ0n) is 12.4. The molecule has 0 bridgehead atoms. The number of nitrogens with zero attached hydrogens (tertiary/aromatic N) is 1. The highest BCUT2D eigenvalue weighted by Gasteiger charge is 2.21. The van der Waals surface area contributed by atoms with E-state index in [0.717, 1.165) is 18.4 Å². The fraction of sp³-hybridized carbons (Fsp3) is 0.562. The summed E-state index contributed by atoms with van der Waals surface area (Å²) in [5.41, 5.74) is 1.15. The molecule has 19 heavy (non-hydrogen) atoms. The van der Waals surface area contributed by atoms with Crippen LogP contribution in [0, 0.1) is 0 Å². The summed E-state index contributed by atoms with van der Waals surface area (Å²) in [6.07, 6.45) is 2.14. The Labute approximate surface area is 122 Å². The monoisotopic (exact) mass is 279 g/mol. The van der Waals surface area contributed by atoms with Crippen molar-refractivity contribution in [3.8, 4) is 0 Å². The lowest BCUT2D eigenvalue weighted by atomic mass is 10.1. The minimum Gasteiger partial charge on any atom is -0.466 e. The third kappa shape index (κ3) is 4.83. The lowest BCUT2D eigenvalue weighted by Gasteiger charge is -2.35. The lowest BCUT2D eigenvalue weighted by molar-refractivity contribution is 0.169. The first kappa shape index (κ1) is 16.0. The highest BCUT2D eigenvalue weighted by atomic mass is 32.1. The standard InChI is InChI=1S/C16H25NOS/c1-5-13(3)17(14(4)6-2)16(19)18-12-15-10-8-7-9-11-15/h7-11,13-14H,5-6,12H2,1-4H3. The maximum Gasteiger partial charge on any atom is 0.260 e. The molecule has 0 saturated carbocycles. The molecule has 0 aliphatic heterocycles. The second-order valence-corrected chi connectivity index (χ2v) is 5.31. The van der Waals surface area contributed by atoms with Gasteiger partial charge in [-0.3, -0.25) is 0 Å². The van der Waals surface area contributed by atoms with Gasteiger partial charge in [0.25, 0.3) is 5.17 Å². The average Bonchev–Trinajstić information content (AvgIpc) is 2.45. The molecule has 0 saturated heterocycles. The van der Waals surface area contributed by atoms with Crippen LogP contribution < -0.4 is 0 Å². The van der Waals surface area contributed by atoms with Gasteiger partial charge in [0.2, 0.25) is 0 Å². The SMILES string of the molecule is CCC(C)N(C(=S)OCc1ccccc1)C(C)CC. The van der Waals surface area contributed by atoms with Crippen LogP contribution in [0.2, 0.25) is 0 Å². The fourth-order valence-corrected chi connectivity index (χ4v) is 2.40. The Morgan fingerprint density at radius 1 is 1.11 bits per heavy atom. The molecule has 3 heteroatoms. The van der Waals surface area contributed by atoms with Crippen molar-refractivity contribution in [2.24, 2.45) is 0 Å². The normalized spacial score (nSPS) is 13.7. The summed E-state index contributed by atoms with van der Waals surface area (Å²) >= 11 is 5.46. The van der Waals surface area contributed by atoms with Gasteiger partial charge in [0, 0.05) is 12.1 Å². The van der Waals surface area contributed by atoms with Gasteiger partial charge in [0.15, 0.2) is 0 Å². The minimum atomic E-state index is 0.415. The Kier molecular flexibility index (Phi) is 6.85. The van der Waals surface area contributed by atoms with E-state index in [4.69, 9.17) is 17.0 Å². The molecule has 0 heterocycles. The predicted molar refractivity (Wildman–Crippen MR) is 85.2 cm³/mol. The second kappa shape index (κ2) is 8.16. The van der Waals surface area contributed by atoms with Crippen LogP contribution in [-0.4, -0.2) is 22.2 Å². The Balaban J connectivity index is 2.62. The Morgan fingerprint density at radius 3 is 2.11 bits per heavy atom. The highest BCUT2D eigenvalue weighted by molar-refractivity contribution is 7.80. The quantitative estimate of drug-likeness (QED) is 0.717. The summed E-state index contributed by atoms with van der Waals surface area (Å²) < 4.78 is 5.79. The van der Waals surface area contributed by atoms with Crippen LogP contribution in [0.3, 0.4) is 0 Å². The van der Waals surface area contributed by atoms with E-state index < -0.39 is 0 Å². The van der Waals surface area contributed by atoms with Crippen LogP contribution in [-0.2, 0) is 11.3 Å². The van der Waals surface area contributed by atoms with E-state index in [9.17, 15) is 0 Å². The van der Waals surface area contributed by atoms with Gasteiger partial charge >= 0.3 is 0 Å². The molecule has 0 fully saturated rings. The molecule has 0 aliphatic rings. The van der Waals surface area contributed by atoms with E-state index in [1.54, 1.807) is 0 Å². The third-order valence-electron chi connectivity index (χ3n) is 3.55. The van der Waals surface area contributed by atoms with Crippen molar-refractivity contribution >= 4 is 17.4 Å². The van der Waals surface area contributed by atoms with Crippen molar-refractivity contribution in [1.29, 1.82) is 0 Å². The zero-order chi connectivity index (χ0) is 14.3. The lowest BCUT2D eigenvalue weighted by Crippen LogP contribution is -2.44. The third-order valence-corrected chi connectivity index (χ3v) is 3.88. The van der Waals surface area contributed by atoms with Gasteiger partial charge in [-0.2, -0.15) is 0 Å². The van der Waals surface area contributed by atoms with Crippen molar-refractivity contribution in [1.82, 2.24) is 4.90 Å². The van der Waals surface area contributed by atoms with Crippen molar-refractivity contribution in [3.05, 3.63) is 35.9 Å². The number of benzene rings is 1. The first-order valence-electron chi connectivity index (χ1n) is 7.09. The van der Waals surface area contributed by atoms with Crippen molar-refractivity contribution < 1.29 is 4.74 Å². The largest absolute Gasteiger partial charge is 0.466 e. The van der Waals surface area contributed by atoms with Crippen LogP contribution in [0.1, 0.15) is 46.1 Å². The molecular formula is C16H25NOS. The van der Waals surface area contributed by atoms with E-state index in [1.165, 1.54) is 0 Å². The summed E-state index contributed by atoms with van der Waals surface area (Å²) in [7, 11) is 0. The molecule has 2 unspecified atom stereocenters. The van der Waals surface area contributed by atoms with E-state index in [2.05, 4.69) is 44.7 Å². The Morgan fingerprint density at radius 2 is 1.63 bits per heavy atom. The summed E-state index contributed by atoms with van der Waals surface area (Å²) in [5.74, 6) is 0. The molecular weight excluding hydrogens is 254 g/mol. The first-order chi connectivity index (χ1) is 9.10. The molecule has 1 rings (SSSR count). The topological polar surface area (TPSA) is 12.5 Å². The van der Waals surface area contributed by atoms with Gasteiger partial charge in [-0.1, -0.05) is 44.2 Å². The van der Waals surface area contributed by atoms with Crippen LogP contribution in [0.15, 0.2) is 30.3 Å². The minimum absolute atomic E-state index is 0.415. The zero-order valence-corrected chi connectivity index (χ0v) is 13.2. The molecule has 0 spiro atoms. The van der Waals surface area contributed by atoms with Gasteiger partial charge < -0.3 is 9.64 Å². The molecule has 2 nitrogen and oxygen atoms in total. The van der Waals surface area contributed by atoms with Crippen molar-refractivity contribution in [2.75, 3.05) is 0 Å². The molecule has 0 aliphatic carbocycles. The Hall–Kier alpha value is -1.09. The molecule has 2 atom stereocenters. The highest BCUT2D eigenvalue weighted by Crippen LogP contribution is 2.14. The average molecular weight is 279 g/mol. The van der Waals surface area contributed by atoms with Gasteiger partial charge in [-0.15, -0.1) is 0 Å². The summed E-state index contributed by atoms with van der Waals surface area (Å²) in [4.78, 5) is 2.22. The maximum atomic E-state index is 5.79. The van der Waals surface area contributed by atoms with Gasteiger partial charge in [0.05, 0.1) is 0 Å². The van der Waals surface area contributed by atoms with Crippen molar-refractivity contribution in [2.45, 2.75) is 59.2 Å². The van der Waals surface area contributed by atoms with E-state index in [1.807, 2.05) is 18.2 Å². The van der Waals surface area contributed by atoms with Gasteiger partial charge in [-0.25, -0.2) is 0 Å². The van der Waals surface area contributed by atoms with E-state index >= 15 is 0 Å². The van der Waals surface area contributed by atoms with E-state index in [0.29, 0.717) is 23.9 Å². The number of ether oxygens (including phenoxy) is 1. The Bertz CT molecular complexity index is 370. The number of thiocarbonyl (C=S) groups is 1. The van der Waals surface area contributed by atoms with Crippen LogP contribution >= 0.6 is 12.2 Å². The number of hydrogen-bond acceptors (Lipinski definition) is 2. The second-order valence-electron chi connectivity index (χ2n) is 4.96.